The van der Waals surface area contributed by atoms with Crippen LogP contribution in [-0.4, -0.2) is 9.79 Å². The van der Waals surface area contributed by atoms with E-state index in [4.69, 9.17) is 4.52 Å². The highest BCUT2D eigenvalue weighted by atomic mass is 31.2. The lowest BCUT2D eigenvalue weighted by molar-refractivity contribution is 0.282. The van der Waals surface area contributed by atoms with Gasteiger partial charge in [0, 0.05) is 5.56 Å². The van der Waals surface area contributed by atoms with Gasteiger partial charge in [-0.2, -0.15) is 0 Å². The van der Waals surface area contributed by atoms with Gasteiger partial charge in [0.15, 0.2) is 0 Å². The zero-order chi connectivity index (χ0) is 17.9. The quantitative estimate of drug-likeness (QED) is 0.629. The SMILES string of the molecule is CCc1c(OP(=O)(O)O)ccc(-c2ccccc2)c1-c1ccccc1. The lowest BCUT2D eigenvalue weighted by Crippen LogP contribution is -1.99. The maximum atomic E-state index is 11.3. The lowest BCUT2D eigenvalue weighted by atomic mass is 9.89. The number of phosphoric acid groups is 1. The number of rotatable bonds is 5. The minimum atomic E-state index is -4.63. The highest BCUT2D eigenvalue weighted by molar-refractivity contribution is 7.46. The molecule has 0 radical (unpaired) electrons. The fourth-order valence-corrected chi connectivity index (χ4v) is 3.41. The van der Waals surface area contributed by atoms with E-state index in [0.717, 1.165) is 27.8 Å². The number of hydrogen-bond acceptors (Lipinski definition) is 2. The predicted molar refractivity (Wildman–Crippen MR) is 99.4 cm³/mol. The standard InChI is InChI=1S/C20H19O4P/c1-2-17-19(24-25(21,22)23)14-13-18(15-9-5-3-6-10-15)20(17)16-11-7-4-8-12-16/h3-14H,2H2,1H3,(H2,21,22,23). The molecule has 0 unspecified atom stereocenters. The van der Waals surface area contributed by atoms with Gasteiger partial charge in [0.2, 0.25) is 0 Å². The van der Waals surface area contributed by atoms with Crippen molar-refractivity contribution in [1.29, 1.82) is 0 Å². The van der Waals surface area contributed by atoms with Crippen LogP contribution >= 0.6 is 7.82 Å². The molecule has 3 rings (SSSR count). The lowest BCUT2D eigenvalue weighted by Gasteiger charge is -2.19. The molecule has 0 heterocycles. The van der Waals surface area contributed by atoms with Gasteiger partial charge >= 0.3 is 7.82 Å². The Hall–Kier alpha value is -2.39. The van der Waals surface area contributed by atoms with Gasteiger partial charge in [0.05, 0.1) is 0 Å². The second kappa shape index (κ2) is 7.24. The summed E-state index contributed by atoms with van der Waals surface area (Å²) in [5.74, 6) is 0.217. The molecule has 2 N–H and O–H groups in total. The number of hydrogen-bond donors (Lipinski definition) is 2. The van der Waals surface area contributed by atoms with Crippen LogP contribution in [0, 0.1) is 0 Å². The summed E-state index contributed by atoms with van der Waals surface area (Å²) in [7, 11) is -4.63. The largest absolute Gasteiger partial charge is 0.524 e. The molecule has 0 bridgehead atoms. The zero-order valence-corrected chi connectivity index (χ0v) is 14.7. The predicted octanol–water partition coefficient (Wildman–Crippen LogP) is 5.05. The first-order valence-corrected chi connectivity index (χ1v) is 9.54. The van der Waals surface area contributed by atoms with Gasteiger partial charge in [0.25, 0.3) is 0 Å². The van der Waals surface area contributed by atoms with E-state index >= 15 is 0 Å². The molecule has 0 spiro atoms. The summed E-state index contributed by atoms with van der Waals surface area (Å²) in [5, 5.41) is 0. The topological polar surface area (TPSA) is 66.8 Å². The van der Waals surface area contributed by atoms with E-state index in [0.29, 0.717) is 6.42 Å². The highest BCUT2D eigenvalue weighted by Gasteiger charge is 2.22. The monoisotopic (exact) mass is 354 g/mol. The van der Waals surface area contributed by atoms with Gasteiger partial charge in [-0.25, -0.2) is 4.57 Å². The summed E-state index contributed by atoms with van der Waals surface area (Å²) in [5.41, 5.74) is 4.73. The van der Waals surface area contributed by atoms with Crippen LogP contribution in [0.1, 0.15) is 12.5 Å². The Labute approximate surface area is 147 Å². The van der Waals surface area contributed by atoms with Gasteiger partial charge in [-0.15, -0.1) is 0 Å². The van der Waals surface area contributed by atoms with Gasteiger partial charge in [-0.1, -0.05) is 73.7 Å². The summed E-state index contributed by atoms with van der Waals surface area (Å²) >= 11 is 0. The molecule has 0 aromatic heterocycles. The van der Waals surface area contributed by atoms with Crippen molar-refractivity contribution >= 4 is 7.82 Å². The Kier molecular flexibility index (Phi) is 5.05. The fourth-order valence-electron chi connectivity index (χ4n) is 2.99. The third-order valence-corrected chi connectivity index (χ3v) is 4.42. The average molecular weight is 354 g/mol. The van der Waals surface area contributed by atoms with E-state index in [9.17, 15) is 14.4 Å². The summed E-state index contributed by atoms with van der Waals surface area (Å²) in [6, 6.07) is 23.2. The van der Waals surface area contributed by atoms with Gasteiger partial charge in [-0.05, 0) is 34.7 Å². The van der Waals surface area contributed by atoms with E-state index in [1.165, 1.54) is 0 Å². The van der Waals surface area contributed by atoms with E-state index in [-0.39, 0.29) is 5.75 Å². The second-order valence-corrected chi connectivity index (χ2v) is 6.80. The molecule has 0 atom stereocenters. The van der Waals surface area contributed by atoms with Crippen LogP contribution in [0.4, 0.5) is 0 Å². The molecule has 0 aliphatic rings. The Bertz CT molecular complexity index is 902. The van der Waals surface area contributed by atoms with Crippen molar-refractivity contribution < 1.29 is 18.9 Å². The first kappa shape index (κ1) is 17.4. The van der Waals surface area contributed by atoms with Crippen LogP contribution in [-0.2, 0) is 11.0 Å². The molecular weight excluding hydrogens is 335 g/mol. The maximum Gasteiger partial charge on any atom is 0.524 e. The molecule has 0 aliphatic heterocycles. The van der Waals surface area contributed by atoms with Gasteiger partial charge in [-0.3, -0.25) is 9.79 Å². The van der Waals surface area contributed by atoms with Crippen molar-refractivity contribution in [3.05, 3.63) is 78.4 Å². The van der Waals surface area contributed by atoms with Crippen molar-refractivity contribution in [2.75, 3.05) is 0 Å². The van der Waals surface area contributed by atoms with Crippen LogP contribution in [0.25, 0.3) is 22.3 Å². The van der Waals surface area contributed by atoms with E-state index < -0.39 is 7.82 Å². The first-order valence-electron chi connectivity index (χ1n) is 8.01. The van der Waals surface area contributed by atoms with Crippen LogP contribution in [0.5, 0.6) is 5.75 Å². The third kappa shape index (κ3) is 3.99. The van der Waals surface area contributed by atoms with E-state index in [2.05, 4.69) is 0 Å². The summed E-state index contributed by atoms with van der Waals surface area (Å²) in [6.07, 6.45) is 0.584. The molecule has 5 heteroatoms. The normalized spacial score (nSPS) is 11.3. The molecule has 4 nitrogen and oxygen atoms in total. The van der Waals surface area contributed by atoms with Crippen LogP contribution in [0.15, 0.2) is 72.8 Å². The van der Waals surface area contributed by atoms with Gasteiger partial charge in [0.1, 0.15) is 5.75 Å². The Morgan fingerprint density at radius 3 is 1.92 bits per heavy atom. The van der Waals surface area contributed by atoms with Crippen molar-refractivity contribution in [3.63, 3.8) is 0 Å². The molecule has 3 aromatic rings. The fraction of sp³-hybridized carbons (Fsp3) is 0.100. The van der Waals surface area contributed by atoms with Crippen molar-refractivity contribution in [3.8, 4) is 28.0 Å². The molecule has 3 aromatic carbocycles. The summed E-state index contributed by atoms with van der Waals surface area (Å²) in [4.78, 5) is 18.5. The van der Waals surface area contributed by atoms with E-state index in [1.807, 2.05) is 73.7 Å². The third-order valence-electron chi connectivity index (χ3n) is 3.99. The molecule has 128 valence electrons. The first-order chi connectivity index (χ1) is 12.0. The molecule has 25 heavy (non-hydrogen) atoms. The maximum absolute atomic E-state index is 11.3. The molecular formula is C20H19O4P. The van der Waals surface area contributed by atoms with Crippen LogP contribution < -0.4 is 4.52 Å². The highest BCUT2D eigenvalue weighted by Crippen LogP contribution is 2.45. The van der Waals surface area contributed by atoms with Gasteiger partial charge < -0.3 is 4.52 Å². The smallest absolute Gasteiger partial charge is 0.404 e. The van der Waals surface area contributed by atoms with Crippen molar-refractivity contribution in [2.45, 2.75) is 13.3 Å². The number of benzene rings is 3. The van der Waals surface area contributed by atoms with Crippen molar-refractivity contribution in [1.82, 2.24) is 0 Å². The Balaban J connectivity index is 2.28. The zero-order valence-electron chi connectivity index (χ0n) is 13.8. The number of phosphoric ester groups is 1. The Morgan fingerprint density at radius 1 is 0.840 bits per heavy atom. The minimum absolute atomic E-state index is 0.217. The van der Waals surface area contributed by atoms with Crippen LogP contribution in [0.2, 0.25) is 0 Å². The molecule has 0 amide bonds. The average Bonchev–Trinajstić information content (AvgIpc) is 2.61. The van der Waals surface area contributed by atoms with Crippen molar-refractivity contribution in [2.24, 2.45) is 0 Å². The summed E-state index contributed by atoms with van der Waals surface area (Å²) < 4.78 is 16.3. The van der Waals surface area contributed by atoms with Crippen LogP contribution in [0.3, 0.4) is 0 Å². The van der Waals surface area contributed by atoms with E-state index in [1.54, 1.807) is 6.07 Å². The molecule has 0 saturated heterocycles. The summed E-state index contributed by atoms with van der Waals surface area (Å²) in [6.45, 7) is 1.95. The molecule has 0 aliphatic carbocycles. The minimum Gasteiger partial charge on any atom is -0.404 e. The second-order valence-electron chi connectivity index (χ2n) is 5.63. The Morgan fingerprint density at radius 2 is 1.40 bits per heavy atom. The molecule has 0 saturated carbocycles. The molecule has 0 fully saturated rings.